The second-order valence-electron chi connectivity index (χ2n) is 7.15. The number of hydrogen-bond donors (Lipinski definition) is 4. The van der Waals surface area contributed by atoms with Gasteiger partial charge in [0, 0.05) is 35.7 Å². The average molecular weight is 346 g/mol. The molecular formula is C20H22N6. The average Bonchev–Trinajstić information content (AvgIpc) is 2.60. The minimum Gasteiger partial charge on any atom is -0.390 e. The Hall–Kier alpha value is -3.33. The van der Waals surface area contributed by atoms with Crippen molar-refractivity contribution in [3.63, 3.8) is 0 Å². The molecule has 0 aliphatic heterocycles. The van der Waals surface area contributed by atoms with Gasteiger partial charge in [-0.05, 0) is 29.7 Å². The first-order chi connectivity index (χ1) is 12.2. The van der Waals surface area contributed by atoms with Crippen molar-refractivity contribution >= 4 is 28.8 Å². The highest BCUT2D eigenvalue weighted by atomic mass is 14.8. The predicted octanol–water partition coefficient (Wildman–Crippen LogP) is 3.57. The first-order valence-corrected chi connectivity index (χ1v) is 8.18. The van der Waals surface area contributed by atoms with Gasteiger partial charge in [-0.2, -0.15) is 5.26 Å². The standard InChI is InChI=1S/C20H22N6/c1-20(2,3)12-25-11-14(9-21)16-6-5-15(10-22)26-19(16)13-4-7-17(23)18(24)8-13/h4-9,11,21,23-25H,12H2,1-3H3/b14-11+,21-9?,23-17?,24-18?. The Balaban J connectivity index is 2.50. The normalized spacial score (nSPS) is 14.7. The van der Waals surface area contributed by atoms with Crippen LogP contribution in [0.1, 0.15) is 37.7 Å². The number of nitriles is 1. The zero-order valence-corrected chi connectivity index (χ0v) is 15.1. The number of nitrogens with one attached hydrogen (secondary N) is 4. The van der Waals surface area contributed by atoms with Crippen LogP contribution in [0, 0.1) is 33.0 Å². The van der Waals surface area contributed by atoms with Crippen LogP contribution < -0.4 is 5.32 Å². The van der Waals surface area contributed by atoms with Crippen LogP contribution in [0.2, 0.25) is 0 Å². The van der Waals surface area contributed by atoms with Crippen LogP contribution in [0.15, 0.2) is 36.6 Å². The molecule has 6 nitrogen and oxygen atoms in total. The van der Waals surface area contributed by atoms with Crippen molar-refractivity contribution in [3.05, 3.63) is 53.5 Å². The molecule has 132 valence electrons. The topological polar surface area (TPSA) is 120 Å². The molecule has 0 atom stereocenters. The van der Waals surface area contributed by atoms with E-state index in [2.05, 4.69) is 31.1 Å². The van der Waals surface area contributed by atoms with Gasteiger partial charge in [-0.25, -0.2) is 4.98 Å². The summed E-state index contributed by atoms with van der Waals surface area (Å²) in [5.41, 5.74) is 3.05. The fourth-order valence-corrected chi connectivity index (χ4v) is 2.33. The summed E-state index contributed by atoms with van der Waals surface area (Å²) in [4.78, 5) is 4.38. The molecule has 1 aromatic rings. The summed E-state index contributed by atoms with van der Waals surface area (Å²) < 4.78 is 0. The van der Waals surface area contributed by atoms with Crippen molar-refractivity contribution in [1.29, 1.82) is 21.5 Å². The van der Waals surface area contributed by atoms with Gasteiger partial charge in [0.25, 0.3) is 0 Å². The van der Waals surface area contributed by atoms with Crippen molar-refractivity contribution in [2.45, 2.75) is 20.8 Å². The maximum atomic E-state index is 9.17. The molecule has 0 radical (unpaired) electrons. The SMILES string of the molecule is CC(C)(C)CN/C=C(\C=N)c1ccc(C#N)nc1C1=CC(=N)C(=N)C=C1. The van der Waals surface area contributed by atoms with Crippen LogP contribution in [0.25, 0.3) is 11.1 Å². The third-order valence-electron chi connectivity index (χ3n) is 3.66. The molecule has 2 rings (SSSR count). The Bertz CT molecular complexity index is 888. The van der Waals surface area contributed by atoms with Gasteiger partial charge in [0.2, 0.25) is 0 Å². The van der Waals surface area contributed by atoms with Crippen LogP contribution >= 0.6 is 0 Å². The predicted molar refractivity (Wildman–Crippen MR) is 106 cm³/mol. The smallest absolute Gasteiger partial charge is 0.141 e. The molecule has 0 saturated heterocycles. The number of aromatic nitrogens is 1. The summed E-state index contributed by atoms with van der Waals surface area (Å²) in [5, 5.41) is 35.7. The van der Waals surface area contributed by atoms with E-state index in [9.17, 15) is 5.26 Å². The number of nitrogens with zero attached hydrogens (tertiary/aromatic N) is 2. The van der Waals surface area contributed by atoms with E-state index in [0.29, 0.717) is 22.4 Å². The second-order valence-corrected chi connectivity index (χ2v) is 7.15. The van der Waals surface area contributed by atoms with Gasteiger partial charge in [-0.3, -0.25) is 10.8 Å². The largest absolute Gasteiger partial charge is 0.390 e. The van der Waals surface area contributed by atoms with Crippen LogP contribution in [0.4, 0.5) is 0 Å². The molecule has 0 saturated carbocycles. The van der Waals surface area contributed by atoms with E-state index in [0.717, 1.165) is 6.54 Å². The van der Waals surface area contributed by atoms with Crippen molar-refractivity contribution < 1.29 is 0 Å². The van der Waals surface area contributed by atoms with Gasteiger partial charge >= 0.3 is 0 Å². The molecule has 1 aliphatic rings. The summed E-state index contributed by atoms with van der Waals surface area (Å²) >= 11 is 0. The summed E-state index contributed by atoms with van der Waals surface area (Å²) in [6, 6.07) is 5.39. The summed E-state index contributed by atoms with van der Waals surface area (Å²) in [6.45, 7) is 7.09. The molecule has 4 N–H and O–H groups in total. The molecule has 0 unspecified atom stereocenters. The van der Waals surface area contributed by atoms with Crippen molar-refractivity contribution in [2.75, 3.05) is 6.54 Å². The Morgan fingerprint density at radius 3 is 2.54 bits per heavy atom. The van der Waals surface area contributed by atoms with E-state index in [-0.39, 0.29) is 22.5 Å². The summed E-state index contributed by atoms with van der Waals surface area (Å²) in [5.74, 6) is 0. The molecule has 0 amide bonds. The summed E-state index contributed by atoms with van der Waals surface area (Å²) in [7, 11) is 0. The van der Waals surface area contributed by atoms with Crippen LogP contribution in [-0.2, 0) is 0 Å². The van der Waals surface area contributed by atoms with E-state index in [4.69, 9.17) is 16.2 Å². The van der Waals surface area contributed by atoms with Crippen molar-refractivity contribution in [1.82, 2.24) is 10.3 Å². The van der Waals surface area contributed by atoms with E-state index < -0.39 is 0 Å². The first kappa shape index (κ1) is 19.0. The van der Waals surface area contributed by atoms with E-state index in [1.54, 1.807) is 30.5 Å². The van der Waals surface area contributed by atoms with Crippen molar-refractivity contribution in [2.24, 2.45) is 5.41 Å². The molecule has 0 fully saturated rings. The monoisotopic (exact) mass is 346 g/mol. The molecular weight excluding hydrogens is 324 g/mol. The van der Waals surface area contributed by atoms with Gasteiger partial charge in [0.05, 0.1) is 17.1 Å². The van der Waals surface area contributed by atoms with Gasteiger partial charge in [0.15, 0.2) is 0 Å². The molecule has 1 heterocycles. The van der Waals surface area contributed by atoms with Gasteiger partial charge in [-0.15, -0.1) is 0 Å². The number of hydrogen-bond acceptors (Lipinski definition) is 6. The zero-order chi connectivity index (χ0) is 19.3. The highest BCUT2D eigenvalue weighted by molar-refractivity contribution is 6.50. The van der Waals surface area contributed by atoms with E-state index in [1.165, 1.54) is 12.3 Å². The third kappa shape index (κ3) is 4.61. The minimum absolute atomic E-state index is 0.0869. The lowest BCUT2D eigenvalue weighted by atomic mass is 9.94. The lowest BCUT2D eigenvalue weighted by Gasteiger charge is -2.18. The lowest BCUT2D eigenvalue weighted by Crippen LogP contribution is -2.23. The number of allylic oxidation sites excluding steroid dienone is 5. The van der Waals surface area contributed by atoms with Crippen LogP contribution in [0.5, 0.6) is 0 Å². The minimum atomic E-state index is 0.0869. The molecule has 1 aliphatic carbocycles. The van der Waals surface area contributed by atoms with E-state index in [1.807, 2.05) is 6.07 Å². The van der Waals surface area contributed by atoms with E-state index >= 15 is 0 Å². The van der Waals surface area contributed by atoms with Crippen LogP contribution in [0.3, 0.4) is 0 Å². The number of pyridine rings is 1. The Morgan fingerprint density at radius 2 is 1.96 bits per heavy atom. The maximum Gasteiger partial charge on any atom is 0.141 e. The molecule has 0 spiro atoms. The molecule has 1 aromatic heterocycles. The van der Waals surface area contributed by atoms with Crippen LogP contribution in [-0.4, -0.2) is 29.2 Å². The maximum absolute atomic E-state index is 9.17. The Morgan fingerprint density at radius 1 is 1.23 bits per heavy atom. The fourth-order valence-electron chi connectivity index (χ4n) is 2.33. The van der Waals surface area contributed by atoms with Crippen molar-refractivity contribution in [3.8, 4) is 6.07 Å². The first-order valence-electron chi connectivity index (χ1n) is 8.18. The molecule has 0 bridgehead atoms. The lowest BCUT2D eigenvalue weighted by molar-refractivity contribution is 0.403. The third-order valence-corrected chi connectivity index (χ3v) is 3.66. The van der Waals surface area contributed by atoms with Gasteiger partial charge < -0.3 is 10.7 Å². The quantitative estimate of drug-likeness (QED) is 0.482. The Labute approximate surface area is 153 Å². The highest BCUT2D eigenvalue weighted by Crippen LogP contribution is 2.26. The van der Waals surface area contributed by atoms with Gasteiger partial charge in [0.1, 0.15) is 11.8 Å². The fraction of sp³-hybridized carbons (Fsp3) is 0.250. The number of rotatable bonds is 5. The molecule has 6 heteroatoms. The Kier molecular flexibility index (Phi) is 5.63. The second kappa shape index (κ2) is 7.70. The highest BCUT2D eigenvalue weighted by Gasteiger charge is 2.16. The zero-order valence-electron chi connectivity index (χ0n) is 15.1. The van der Waals surface area contributed by atoms with Gasteiger partial charge in [-0.1, -0.05) is 26.8 Å². The summed E-state index contributed by atoms with van der Waals surface area (Å²) in [6.07, 6.45) is 7.80. The molecule has 0 aromatic carbocycles. The molecule has 26 heavy (non-hydrogen) atoms.